The van der Waals surface area contributed by atoms with Crippen LogP contribution in [-0.4, -0.2) is 67.5 Å². The van der Waals surface area contributed by atoms with Crippen molar-refractivity contribution in [2.24, 2.45) is 0 Å². The molecule has 1 aromatic rings. The molecule has 2 rings (SSSR count). The van der Waals surface area contributed by atoms with Gasteiger partial charge in [0.25, 0.3) is 0 Å². The maximum Gasteiger partial charge on any atom is 0.246 e. The van der Waals surface area contributed by atoms with Crippen LogP contribution in [-0.2, 0) is 9.59 Å². The van der Waals surface area contributed by atoms with Crippen LogP contribution in [0.5, 0.6) is 5.75 Å². The number of nitrogens with one attached hydrogen (secondary N) is 1. The van der Waals surface area contributed by atoms with Crippen molar-refractivity contribution in [3.8, 4) is 5.75 Å². The van der Waals surface area contributed by atoms with Crippen molar-refractivity contribution in [2.75, 3.05) is 45.9 Å². The highest BCUT2D eigenvalue weighted by molar-refractivity contribution is 5.91. The molecule has 1 saturated heterocycles. The van der Waals surface area contributed by atoms with Crippen LogP contribution in [0.25, 0.3) is 6.08 Å². The summed E-state index contributed by atoms with van der Waals surface area (Å²) < 4.78 is 5.40. The Hall–Kier alpha value is -2.34. The van der Waals surface area contributed by atoms with E-state index in [9.17, 15) is 9.59 Å². The molecular formula is C19H27N3O3. The largest absolute Gasteiger partial charge is 0.494 e. The Morgan fingerprint density at radius 1 is 1.12 bits per heavy atom. The molecule has 0 bridgehead atoms. The van der Waals surface area contributed by atoms with Crippen LogP contribution < -0.4 is 10.1 Å². The Balaban J connectivity index is 1.79. The summed E-state index contributed by atoms with van der Waals surface area (Å²) in [6, 6.07) is 7.65. The summed E-state index contributed by atoms with van der Waals surface area (Å²) in [5, 5.41) is 2.80. The first-order chi connectivity index (χ1) is 12.1. The average Bonchev–Trinajstić information content (AvgIpc) is 2.62. The van der Waals surface area contributed by atoms with Crippen molar-refractivity contribution < 1.29 is 14.3 Å². The Labute approximate surface area is 149 Å². The Kier molecular flexibility index (Phi) is 7.47. The molecule has 6 nitrogen and oxygen atoms in total. The molecule has 2 amide bonds. The number of nitrogens with zero attached hydrogens (tertiary/aromatic N) is 2. The van der Waals surface area contributed by atoms with Gasteiger partial charge in [0.2, 0.25) is 11.8 Å². The number of ether oxygens (including phenoxy) is 1. The van der Waals surface area contributed by atoms with Crippen LogP contribution in [0.3, 0.4) is 0 Å². The highest BCUT2D eigenvalue weighted by Crippen LogP contribution is 2.13. The van der Waals surface area contributed by atoms with Gasteiger partial charge in [-0.3, -0.25) is 14.5 Å². The minimum atomic E-state index is 0.00606. The van der Waals surface area contributed by atoms with E-state index in [1.54, 1.807) is 6.08 Å². The summed E-state index contributed by atoms with van der Waals surface area (Å²) in [6.45, 7) is 8.27. The number of piperazine rings is 1. The molecule has 1 aliphatic rings. The minimum absolute atomic E-state index is 0.00606. The zero-order valence-electron chi connectivity index (χ0n) is 15.0. The normalized spacial score (nSPS) is 15.4. The van der Waals surface area contributed by atoms with Crippen LogP contribution in [0, 0.1) is 0 Å². The van der Waals surface area contributed by atoms with Gasteiger partial charge in [0, 0.05) is 38.8 Å². The monoisotopic (exact) mass is 345 g/mol. The lowest BCUT2D eigenvalue weighted by atomic mass is 10.2. The van der Waals surface area contributed by atoms with Gasteiger partial charge in [0.1, 0.15) is 5.75 Å². The van der Waals surface area contributed by atoms with Gasteiger partial charge in [0.15, 0.2) is 0 Å². The molecule has 1 fully saturated rings. The van der Waals surface area contributed by atoms with E-state index in [1.807, 2.05) is 49.1 Å². The Morgan fingerprint density at radius 2 is 1.80 bits per heavy atom. The maximum atomic E-state index is 12.3. The Morgan fingerprint density at radius 3 is 2.40 bits per heavy atom. The van der Waals surface area contributed by atoms with E-state index in [0.29, 0.717) is 32.8 Å². The fourth-order valence-corrected chi connectivity index (χ4v) is 2.70. The molecule has 0 aliphatic carbocycles. The predicted molar refractivity (Wildman–Crippen MR) is 98.3 cm³/mol. The number of benzene rings is 1. The zero-order chi connectivity index (χ0) is 18.1. The number of amides is 2. The lowest BCUT2D eigenvalue weighted by molar-refractivity contribution is -0.128. The molecule has 0 radical (unpaired) electrons. The van der Waals surface area contributed by atoms with Crippen LogP contribution in [0.15, 0.2) is 30.3 Å². The molecule has 0 atom stereocenters. The quantitative estimate of drug-likeness (QED) is 0.759. The first-order valence-corrected chi connectivity index (χ1v) is 8.81. The molecule has 6 heteroatoms. The van der Waals surface area contributed by atoms with Crippen LogP contribution in [0.2, 0.25) is 0 Å². The van der Waals surface area contributed by atoms with Crippen LogP contribution >= 0.6 is 0 Å². The molecule has 0 aromatic heterocycles. The molecule has 136 valence electrons. The van der Waals surface area contributed by atoms with Crippen molar-refractivity contribution in [3.63, 3.8) is 0 Å². The summed E-state index contributed by atoms with van der Waals surface area (Å²) in [5.41, 5.74) is 0.965. The van der Waals surface area contributed by atoms with E-state index in [2.05, 4.69) is 10.2 Å². The third-order valence-electron chi connectivity index (χ3n) is 4.03. The first-order valence-electron chi connectivity index (χ1n) is 8.81. The van der Waals surface area contributed by atoms with Gasteiger partial charge in [-0.25, -0.2) is 0 Å². The SMILES string of the molecule is CCNC(=O)CN1CCN(C(=O)/C=C/c2ccc(OCC)cc2)CC1. The molecule has 1 N–H and O–H groups in total. The number of hydrogen-bond donors (Lipinski definition) is 1. The maximum absolute atomic E-state index is 12.3. The fraction of sp³-hybridized carbons (Fsp3) is 0.474. The van der Waals surface area contributed by atoms with E-state index in [-0.39, 0.29) is 11.8 Å². The standard InChI is InChI=1S/C19H27N3O3/c1-3-20-18(23)15-21-11-13-22(14-12-21)19(24)10-7-16-5-8-17(9-6-16)25-4-2/h5-10H,3-4,11-15H2,1-2H3,(H,20,23)/b10-7+. The van der Waals surface area contributed by atoms with Gasteiger partial charge < -0.3 is 15.0 Å². The van der Waals surface area contributed by atoms with Gasteiger partial charge in [-0.15, -0.1) is 0 Å². The first kappa shape index (κ1) is 19.0. The van der Waals surface area contributed by atoms with E-state index >= 15 is 0 Å². The number of rotatable bonds is 7. The van der Waals surface area contributed by atoms with Gasteiger partial charge in [0.05, 0.1) is 13.2 Å². The summed E-state index contributed by atoms with van der Waals surface area (Å²) >= 11 is 0. The molecule has 1 aromatic carbocycles. The van der Waals surface area contributed by atoms with Gasteiger partial charge in [-0.2, -0.15) is 0 Å². The molecule has 0 unspecified atom stereocenters. The van der Waals surface area contributed by atoms with E-state index in [1.165, 1.54) is 0 Å². The number of likely N-dealkylation sites (N-methyl/N-ethyl adjacent to an activating group) is 1. The van der Waals surface area contributed by atoms with E-state index < -0.39 is 0 Å². The van der Waals surface area contributed by atoms with Crippen molar-refractivity contribution in [1.82, 2.24) is 15.1 Å². The van der Waals surface area contributed by atoms with Gasteiger partial charge >= 0.3 is 0 Å². The molecule has 0 spiro atoms. The lowest BCUT2D eigenvalue weighted by Crippen LogP contribution is -2.50. The van der Waals surface area contributed by atoms with Crippen LogP contribution in [0.1, 0.15) is 19.4 Å². The third kappa shape index (κ3) is 6.23. The number of hydrogen-bond acceptors (Lipinski definition) is 4. The molecular weight excluding hydrogens is 318 g/mol. The Bertz CT molecular complexity index is 590. The third-order valence-corrected chi connectivity index (χ3v) is 4.03. The van der Waals surface area contributed by atoms with Crippen molar-refractivity contribution in [2.45, 2.75) is 13.8 Å². The fourth-order valence-electron chi connectivity index (χ4n) is 2.70. The molecule has 0 saturated carbocycles. The smallest absolute Gasteiger partial charge is 0.246 e. The summed E-state index contributed by atoms with van der Waals surface area (Å²) in [7, 11) is 0. The van der Waals surface area contributed by atoms with Crippen molar-refractivity contribution >= 4 is 17.9 Å². The highest BCUT2D eigenvalue weighted by Gasteiger charge is 2.20. The second-order valence-electron chi connectivity index (χ2n) is 5.89. The average molecular weight is 345 g/mol. The number of carbonyl (C=O) groups excluding carboxylic acids is 2. The second kappa shape index (κ2) is 9.84. The molecule has 1 aliphatic heterocycles. The number of carbonyl (C=O) groups is 2. The zero-order valence-corrected chi connectivity index (χ0v) is 15.0. The van der Waals surface area contributed by atoms with E-state index in [4.69, 9.17) is 4.74 Å². The topological polar surface area (TPSA) is 61.9 Å². The van der Waals surface area contributed by atoms with Crippen molar-refractivity contribution in [3.05, 3.63) is 35.9 Å². The molecule has 25 heavy (non-hydrogen) atoms. The summed E-state index contributed by atoms with van der Waals surface area (Å²) in [5.74, 6) is 0.874. The summed E-state index contributed by atoms with van der Waals surface area (Å²) in [4.78, 5) is 27.8. The van der Waals surface area contributed by atoms with Crippen LogP contribution in [0.4, 0.5) is 0 Å². The van der Waals surface area contributed by atoms with Gasteiger partial charge in [-0.05, 0) is 37.6 Å². The predicted octanol–water partition coefficient (Wildman–Crippen LogP) is 1.38. The lowest BCUT2D eigenvalue weighted by Gasteiger charge is -2.33. The van der Waals surface area contributed by atoms with Crippen molar-refractivity contribution in [1.29, 1.82) is 0 Å². The van der Waals surface area contributed by atoms with E-state index in [0.717, 1.165) is 24.4 Å². The second-order valence-corrected chi connectivity index (χ2v) is 5.89. The highest BCUT2D eigenvalue weighted by atomic mass is 16.5. The minimum Gasteiger partial charge on any atom is -0.494 e. The summed E-state index contributed by atoms with van der Waals surface area (Å²) in [6.07, 6.45) is 3.42. The van der Waals surface area contributed by atoms with Gasteiger partial charge in [-0.1, -0.05) is 12.1 Å². The molecule has 1 heterocycles.